The molecule has 1 aliphatic heterocycles. The lowest BCUT2D eigenvalue weighted by Crippen LogP contribution is -2.27. The number of carbonyl (C=O) groups excluding carboxylic acids is 1. The number of hydrogen-bond acceptors (Lipinski definition) is 2. The van der Waals surface area contributed by atoms with Gasteiger partial charge in [0.1, 0.15) is 0 Å². The number of carbonyl (C=O) groups is 1. The van der Waals surface area contributed by atoms with E-state index in [4.69, 9.17) is 0 Å². The third-order valence-electron chi connectivity index (χ3n) is 4.02. The zero-order valence-electron chi connectivity index (χ0n) is 13.0. The number of benzene rings is 1. The summed E-state index contributed by atoms with van der Waals surface area (Å²) in [5.41, 5.74) is 2.51. The molecule has 118 valence electrons. The lowest BCUT2D eigenvalue weighted by Gasteiger charge is -2.11. The van der Waals surface area contributed by atoms with E-state index in [0.29, 0.717) is 24.9 Å². The molecule has 1 fully saturated rings. The minimum Gasteiger partial charge on any atom is -0.352 e. The minimum atomic E-state index is 0. The van der Waals surface area contributed by atoms with Gasteiger partial charge < -0.3 is 10.6 Å². The molecule has 1 aliphatic rings. The van der Waals surface area contributed by atoms with Crippen LogP contribution in [0.3, 0.4) is 0 Å². The zero-order valence-corrected chi connectivity index (χ0v) is 13.8. The number of amides is 1. The fourth-order valence-electron chi connectivity index (χ4n) is 2.62. The topological polar surface area (TPSA) is 41.1 Å². The third-order valence-corrected chi connectivity index (χ3v) is 4.02. The molecule has 0 saturated carbocycles. The Morgan fingerprint density at radius 2 is 2.05 bits per heavy atom. The van der Waals surface area contributed by atoms with Crippen LogP contribution in [-0.2, 0) is 11.3 Å². The van der Waals surface area contributed by atoms with Gasteiger partial charge in [-0.25, -0.2) is 0 Å². The summed E-state index contributed by atoms with van der Waals surface area (Å²) in [5, 5.41) is 6.43. The van der Waals surface area contributed by atoms with E-state index in [1.54, 1.807) is 0 Å². The molecular formula is C17H27ClN2O. The molecule has 0 radical (unpaired) electrons. The van der Waals surface area contributed by atoms with Crippen LogP contribution in [0.25, 0.3) is 0 Å². The van der Waals surface area contributed by atoms with Crippen molar-refractivity contribution in [1.82, 2.24) is 10.6 Å². The molecule has 1 heterocycles. The molecule has 3 nitrogen and oxygen atoms in total. The zero-order chi connectivity index (χ0) is 14.4. The molecule has 21 heavy (non-hydrogen) atoms. The summed E-state index contributed by atoms with van der Waals surface area (Å²) in [7, 11) is 0. The summed E-state index contributed by atoms with van der Waals surface area (Å²) in [6.07, 6.45) is 4.04. The van der Waals surface area contributed by atoms with Crippen molar-refractivity contribution in [2.45, 2.75) is 58.0 Å². The van der Waals surface area contributed by atoms with Crippen molar-refractivity contribution in [2.75, 3.05) is 6.54 Å². The smallest absolute Gasteiger partial charge is 0.220 e. The van der Waals surface area contributed by atoms with Gasteiger partial charge in [0.25, 0.3) is 0 Å². The summed E-state index contributed by atoms with van der Waals surface area (Å²) in [6.45, 7) is 6.12. The molecular weight excluding hydrogens is 284 g/mol. The van der Waals surface area contributed by atoms with Gasteiger partial charge in [0.15, 0.2) is 0 Å². The van der Waals surface area contributed by atoms with Crippen molar-refractivity contribution in [2.24, 2.45) is 0 Å². The number of hydrogen-bond donors (Lipinski definition) is 2. The van der Waals surface area contributed by atoms with Crippen molar-refractivity contribution in [3.63, 3.8) is 0 Å². The first-order valence-corrected chi connectivity index (χ1v) is 7.74. The first-order chi connectivity index (χ1) is 9.65. The summed E-state index contributed by atoms with van der Waals surface area (Å²) in [4.78, 5) is 11.8. The maximum atomic E-state index is 11.8. The highest BCUT2D eigenvalue weighted by atomic mass is 35.5. The van der Waals surface area contributed by atoms with Crippen molar-refractivity contribution < 1.29 is 4.79 Å². The van der Waals surface area contributed by atoms with Crippen LogP contribution in [0.5, 0.6) is 0 Å². The lowest BCUT2D eigenvalue weighted by molar-refractivity contribution is -0.121. The Bertz CT molecular complexity index is 425. The molecule has 1 amide bonds. The maximum absolute atomic E-state index is 11.8. The molecule has 1 atom stereocenters. The van der Waals surface area contributed by atoms with E-state index >= 15 is 0 Å². The van der Waals surface area contributed by atoms with Gasteiger partial charge >= 0.3 is 0 Å². The van der Waals surface area contributed by atoms with Crippen molar-refractivity contribution in [3.05, 3.63) is 35.4 Å². The Balaban J connectivity index is 0.00000220. The molecule has 1 aromatic rings. The quantitative estimate of drug-likeness (QED) is 0.845. The summed E-state index contributed by atoms with van der Waals surface area (Å²) < 4.78 is 0. The highest BCUT2D eigenvalue weighted by molar-refractivity contribution is 5.85. The minimum absolute atomic E-state index is 0. The second-order valence-corrected chi connectivity index (χ2v) is 6.00. The average Bonchev–Trinajstić information content (AvgIpc) is 2.96. The number of rotatable bonds is 6. The molecule has 0 aliphatic carbocycles. The second-order valence-electron chi connectivity index (χ2n) is 6.00. The number of nitrogens with one attached hydrogen (secondary N) is 2. The molecule has 1 saturated heterocycles. The first kappa shape index (κ1) is 18.0. The Morgan fingerprint density at radius 1 is 1.33 bits per heavy atom. The van der Waals surface area contributed by atoms with E-state index < -0.39 is 0 Å². The monoisotopic (exact) mass is 310 g/mol. The van der Waals surface area contributed by atoms with Crippen LogP contribution in [0, 0.1) is 0 Å². The fraction of sp³-hybridized carbons (Fsp3) is 0.588. The van der Waals surface area contributed by atoms with Crippen LogP contribution in [0.2, 0.25) is 0 Å². The van der Waals surface area contributed by atoms with Gasteiger partial charge in [-0.05, 0) is 42.9 Å². The molecule has 1 unspecified atom stereocenters. The first-order valence-electron chi connectivity index (χ1n) is 7.74. The van der Waals surface area contributed by atoms with E-state index in [0.717, 1.165) is 13.0 Å². The van der Waals surface area contributed by atoms with Gasteiger partial charge in [-0.2, -0.15) is 0 Å². The highest BCUT2D eigenvalue weighted by Crippen LogP contribution is 2.14. The van der Waals surface area contributed by atoms with Crippen LogP contribution >= 0.6 is 12.4 Å². The fourth-order valence-corrected chi connectivity index (χ4v) is 2.62. The summed E-state index contributed by atoms with van der Waals surface area (Å²) in [5.74, 6) is 0.712. The Labute approximate surface area is 134 Å². The average molecular weight is 311 g/mol. The Morgan fingerprint density at radius 3 is 2.62 bits per heavy atom. The van der Waals surface area contributed by atoms with Gasteiger partial charge in [0.05, 0.1) is 0 Å². The van der Waals surface area contributed by atoms with Crippen LogP contribution in [0.15, 0.2) is 24.3 Å². The predicted molar refractivity (Wildman–Crippen MR) is 89.9 cm³/mol. The molecule has 2 N–H and O–H groups in total. The number of halogens is 1. The van der Waals surface area contributed by atoms with Crippen LogP contribution < -0.4 is 10.6 Å². The summed E-state index contributed by atoms with van der Waals surface area (Å²) in [6, 6.07) is 9.05. The normalized spacial score (nSPS) is 17.6. The molecule has 2 rings (SSSR count). The van der Waals surface area contributed by atoms with E-state index in [2.05, 4.69) is 48.7 Å². The van der Waals surface area contributed by atoms with Gasteiger partial charge in [0, 0.05) is 19.0 Å². The molecule has 1 aromatic carbocycles. The van der Waals surface area contributed by atoms with Gasteiger partial charge in [-0.1, -0.05) is 38.1 Å². The molecule has 0 spiro atoms. The van der Waals surface area contributed by atoms with Gasteiger partial charge in [0.2, 0.25) is 5.91 Å². The van der Waals surface area contributed by atoms with E-state index in [1.807, 2.05) is 0 Å². The van der Waals surface area contributed by atoms with Crippen LogP contribution in [0.4, 0.5) is 0 Å². The SMILES string of the molecule is CC(C)c1ccc(CNC(=O)CCC2CCCN2)cc1.Cl. The van der Waals surface area contributed by atoms with Crippen LogP contribution in [-0.4, -0.2) is 18.5 Å². The Hall–Kier alpha value is -1.06. The van der Waals surface area contributed by atoms with Crippen molar-refractivity contribution in [1.29, 1.82) is 0 Å². The standard InChI is InChI=1S/C17H26N2O.ClH/c1-13(2)15-7-5-14(6-8-15)12-19-17(20)10-9-16-4-3-11-18-16;/h5-8,13,16,18H,3-4,9-12H2,1-2H3,(H,19,20);1H. The second kappa shape index (κ2) is 9.06. The van der Waals surface area contributed by atoms with Crippen molar-refractivity contribution >= 4 is 18.3 Å². The van der Waals surface area contributed by atoms with E-state index in [1.165, 1.54) is 24.0 Å². The predicted octanol–water partition coefficient (Wildman–Crippen LogP) is 3.38. The maximum Gasteiger partial charge on any atom is 0.220 e. The van der Waals surface area contributed by atoms with Gasteiger partial charge in [-0.3, -0.25) is 4.79 Å². The lowest BCUT2D eigenvalue weighted by atomic mass is 10.0. The van der Waals surface area contributed by atoms with Crippen LogP contribution in [0.1, 0.15) is 56.6 Å². The highest BCUT2D eigenvalue weighted by Gasteiger charge is 2.14. The largest absolute Gasteiger partial charge is 0.352 e. The van der Waals surface area contributed by atoms with E-state index in [-0.39, 0.29) is 18.3 Å². The van der Waals surface area contributed by atoms with Crippen molar-refractivity contribution in [3.8, 4) is 0 Å². The molecule has 0 aromatic heterocycles. The summed E-state index contributed by atoms with van der Waals surface area (Å²) >= 11 is 0. The Kier molecular flexibility index (Phi) is 7.76. The third kappa shape index (κ3) is 6.06. The van der Waals surface area contributed by atoms with Gasteiger partial charge in [-0.15, -0.1) is 12.4 Å². The molecule has 4 heteroatoms. The van der Waals surface area contributed by atoms with E-state index in [9.17, 15) is 4.79 Å². The molecule has 0 bridgehead atoms.